The van der Waals surface area contributed by atoms with Crippen molar-refractivity contribution in [1.82, 2.24) is 4.98 Å². The Balaban J connectivity index is 1.75. The fourth-order valence-corrected chi connectivity index (χ4v) is 3.45. The van der Waals surface area contributed by atoms with Crippen LogP contribution in [0.15, 0.2) is 28.9 Å². The summed E-state index contributed by atoms with van der Waals surface area (Å²) in [6, 6.07) is 6.02. The van der Waals surface area contributed by atoms with Gasteiger partial charge in [-0.2, -0.15) is 0 Å². The van der Waals surface area contributed by atoms with Gasteiger partial charge in [-0.25, -0.2) is 0 Å². The topological polar surface area (TPSA) is 32.9 Å². The van der Waals surface area contributed by atoms with E-state index in [1.807, 2.05) is 24.4 Å². The van der Waals surface area contributed by atoms with Crippen molar-refractivity contribution in [3.63, 3.8) is 0 Å². The molecule has 1 aliphatic rings. The van der Waals surface area contributed by atoms with E-state index in [-0.39, 0.29) is 5.78 Å². The molecule has 100 valence electrons. The third kappa shape index (κ3) is 2.76. The van der Waals surface area contributed by atoms with Gasteiger partial charge in [0.2, 0.25) is 0 Å². The molecule has 0 unspecified atom stereocenters. The van der Waals surface area contributed by atoms with Crippen LogP contribution in [-0.2, 0) is 0 Å². The Labute approximate surface area is 121 Å². The molecular formula is C16H18BrNO. The van der Waals surface area contributed by atoms with Crippen LogP contribution in [0.5, 0.6) is 0 Å². The standard InChI is InChI=1S/C16H18BrNO/c17-12-6-7-15-13(9-12)14(10-18-15)16(19)8-5-11-3-1-2-4-11/h6-7,9-11,18H,1-5,8H2. The highest BCUT2D eigenvalue weighted by Gasteiger charge is 2.18. The number of aromatic nitrogens is 1. The number of hydrogen-bond donors (Lipinski definition) is 1. The van der Waals surface area contributed by atoms with Gasteiger partial charge < -0.3 is 4.98 Å². The van der Waals surface area contributed by atoms with Crippen molar-refractivity contribution in [3.8, 4) is 0 Å². The first kappa shape index (κ1) is 12.9. The van der Waals surface area contributed by atoms with Gasteiger partial charge >= 0.3 is 0 Å². The number of H-pyrrole nitrogens is 1. The SMILES string of the molecule is O=C(CCC1CCCC1)c1c[nH]c2ccc(Br)cc12. The van der Waals surface area contributed by atoms with Gasteiger partial charge in [0.1, 0.15) is 0 Å². The molecule has 0 aliphatic heterocycles. The molecule has 19 heavy (non-hydrogen) atoms. The molecule has 0 amide bonds. The first-order valence-electron chi connectivity index (χ1n) is 7.04. The van der Waals surface area contributed by atoms with E-state index in [4.69, 9.17) is 0 Å². The highest BCUT2D eigenvalue weighted by Crippen LogP contribution is 2.30. The summed E-state index contributed by atoms with van der Waals surface area (Å²) in [7, 11) is 0. The number of Topliss-reactive ketones (excluding diaryl/α,β-unsaturated/α-hetero) is 1. The number of aromatic amines is 1. The maximum atomic E-state index is 12.4. The highest BCUT2D eigenvalue weighted by molar-refractivity contribution is 9.10. The monoisotopic (exact) mass is 319 g/mol. The first-order chi connectivity index (χ1) is 9.24. The van der Waals surface area contributed by atoms with Crippen LogP contribution in [-0.4, -0.2) is 10.8 Å². The van der Waals surface area contributed by atoms with Crippen molar-refractivity contribution in [2.24, 2.45) is 5.92 Å². The first-order valence-corrected chi connectivity index (χ1v) is 7.83. The smallest absolute Gasteiger partial charge is 0.165 e. The van der Waals surface area contributed by atoms with Crippen LogP contribution in [0.4, 0.5) is 0 Å². The second kappa shape index (κ2) is 5.49. The number of nitrogens with one attached hydrogen (secondary N) is 1. The minimum Gasteiger partial charge on any atom is -0.360 e. The lowest BCUT2D eigenvalue weighted by Gasteiger charge is -2.07. The average molecular weight is 320 g/mol. The van der Waals surface area contributed by atoms with Crippen molar-refractivity contribution in [3.05, 3.63) is 34.4 Å². The summed E-state index contributed by atoms with van der Waals surface area (Å²) >= 11 is 3.47. The lowest BCUT2D eigenvalue weighted by atomic mass is 9.97. The quantitative estimate of drug-likeness (QED) is 0.783. The second-order valence-electron chi connectivity index (χ2n) is 5.50. The van der Waals surface area contributed by atoms with E-state index in [2.05, 4.69) is 20.9 Å². The van der Waals surface area contributed by atoms with Crippen molar-refractivity contribution < 1.29 is 4.79 Å². The molecule has 2 nitrogen and oxygen atoms in total. The molecule has 2 aromatic rings. The minimum atomic E-state index is 0.274. The van der Waals surface area contributed by atoms with E-state index in [0.29, 0.717) is 6.42 Å². The zero-order valence-electron chi connectivity index (χ0n) is 10.9. The number of ketones is 1. The lowest BCUT2D eigenvalue weighted by Crippen LogP contribution is -2.02. The molecule has 1 aromatic carbocycles. The Bertz CT molecular complexity index is 596. The van der Waals surface area contributed by atoms with Gasteiger partial charge in [-0.05, 0) is 30.5 Å². The Kier molecular flexibility index (Phi) is 3.74. The molecule has 1 heterocycles. The Morgan fingerprint density at radius 1 is 1.32 bits per heavy atom. The molecule has 1 aliphatic carbocycles. The fraction of sp³-hybridized carbons (Fsp3) is 0.438. The third-order valence-corrected chi connectivity index (χ3v) is 4.69. The largest absolute Gasteiger partial charge is 0.360 e. The molecule has 3 rings (SSSR count). The average Bonchev–Trinajstić information content (AvgIpc) is 3.04. The predicted octanol–water partition coefficient (Wildman–Crippen LogP) is 5.08. The molecule has 1 N–H and O–H groups in total. The molecule has 3 heteroatoms. The number of carbonyl (C=O) groups is 1. The molecular weight excluding hydrogens is 302 g/mol. The molecule has 1 saturated carbocycles. The summed E-state index contributed by atoms with van der Waals surface area (Å²) in [5, 5.41) is 1.03. The maximum Gasteiger partial charge on any atom is 0.165 e. The summed E-state index contributed by atoms with van der Waals surface area (Å²) < 4.78 is 1.02. The van der Waals surface area contributed by atoms with Crippen LogP contribution in [0.1, 0.15) is 48.9 Å². The van der Waals surface area contributed by atoms with Crippen LogP contribution < -0.4 is 0 Å². The van der Waals surface area contributed by atoms with E-state index >= 15 is 0 Å². The van der Waals surface area contributed by atoms with Gasteiger partial charge in [-0.3, -0.25) is 4.79 Å². The lowest BCUT2D eigenvalue weighted by molar-refractivity contribution is 0.0975. The van der Waals surface area contributed by atoms with Crippen molar-refractivity contribution in [1.29, 1.82) is 0 Å². The Morgan fingerprint density at radius 3 is 2.89 bits per heavy atom. The Morgan fingerprint density at radius 2 is 2.11 bits per heavy atom. The number of hydrogen-bond acceptors (Lipinski definition) is 1. The summed E-state index contributed by atoms with van der Waals surface area (Å²) in [4.78, 5) is 15.5. The van der Waals surface area contributed by atoms with E-state index in [0.717, 1.165) is 33.3 Å². The molecule has 0 bridgehead atoms. The molecule has 1 aromatic heterocycles. The maximum absolute atomic E-state index is 12.4. The number of benzene rings is 1. The van der Waals surface area contributed by atoms with Gasteiger partial charge in [0.05, 0.1) is 0 Å². The summed E-state index contributed by atoms with van der Waals surface area (Å²) in [6.45, 7) is 0. The fourth-order valence-electron chi connectivity index (χ4n) is 3.09. The van der Waals surface area contributed by atoms with Crippen molar-refractivity contribution in [2.45, 2.75) is 38.5 Å². The van der Waals surface area contributed by atoms with E-state index < -0.39 is 0 Å². The highest BCUT2D eigenvalue weighted by atomic mass is 79.9. The number of rotatable bonds is 4. The molecule has 0 radical (unpaired) electrons. The van der Waals surface area contributed by atoms with E-state index in [1.54, 1.807) is 0 Å². The molecule has 0 atom stereocenters. The van der Waals surface area contributed by atoms with Gasteiger partial charge in [0, 0.05) is 33.6 Å². The zero-order chi connectivity index (χ0) is 13.2. The van der Waals surface area contributed by atoms with Crippen LogP contribution in [0, 0.1) is 5.92 Å². The predicted molar refractivity (Wildman–Crippen MR) is 81.5 cm³/mol. The van der Waals surface area contributed by atoms with Crippen LogP contribution in [0.25, 0.3) is 10.9 Å². The Hall–Kier alpha value is -1.09. The minimum absolute atomic E-state index is 0.274. The number of fused-ring (bicyclic) bond motifs is 1. The molecule has 1 fully saturated rings. The van der Waals surface area contributed by atoms with Crippen molar-refractivity contribution >= 4 is 32.6 Å². The van der Waals surface area contributed by atoms with Crippen LogP contribution in [0.2, 0.25) is 0 Å². The summed E-state index contributed by atoms with van der Waals surface area (Å²) in [5.41, 5.74) is 1.88. The van der Waals surface area contributed by atoms with Gasteiger partial charge in [-0.1, -0.05) is 41.6 Å². The third-order valence-electron chi connectivity index (χ3n) is 4.20. The second-order valence-corrected chi connectivity index (χ2v) is 6.42. The summed E-state index contributed by atoms with van der Waals surface area (Å²) in [5.74, 6) is 1.05. The zero-order valence-corrected chi connectivity index (χ0v) is 12.5. The summed E-state index contributed by atoms with van der Waals surface area (Å²) in [6.07, 6.45) is 8.91. The van der Waals surface area contributed by atoms with Gasteiger partial charge in [0.15, 0.2) is 5.78 Å². The van der Waals surface area contributed by atoms with Crippen LogP contribution >= 0.6 is 15.9 Å². The molecule has 0 saturated heterocycles. The normalized spacial score (nSPS) is 16.3. The number of halogens is 1. The van der Waals surface area contributed by atoms with Crippen molar-refractivity contribution in [2.75, 3.05) is 0 Å². The van der Waals surface area contributed by atoms with Crippen LogP contribution in [0.3, 0.4) is 0 Å². The van der Waals surface area contributed by atoms with Gasteiger partial charge in [0.25, 0.3) is 0 Å². The number of carbonyl (C=O) groups excluding carboxylic acids is 1. The van der Waals surface area contributed by atoms with E-state index in [1.165, 1.54) is 25.7 Å². The van der Waals surface area contributed by atoms with Gasteiger partial charge in [-0.15, -0.1) is 0 Å². The van der Waals surface area contributed by atoms with E-state index in [9.17, 15) is 4.79 Å². The molecule has 0 spiro atoms.